The second kappa shape index (κ2) is 5.80. The number of hydrogen-bond donors (Lipinski definition) is 2. The Labute approximate surface area is 103 Å². The number of carbonyl (C=O) groups excluding carboxylic acids is 1. The van der Waals surface area contributed by atoms with Crippen molar-refractivity contribution in [2.24, 2.45) is 11.8 Å². The zero-order valence-corrected chi connectivity index (χ0v) is 10.5. The van der Waals surface area contributed by atoms with Gasteiger partial charge in [-0.15, -0.1) is 0 Å². The molecule has 0 spiro atoms. The molecule has 2 rings (SSSR count). The van der Waals surface area contributed by atoms with Gasteiger partial charge in [0.25, 0.3) is 5.91 Å². The fourth-order valence-corrected chi connectivity index (χ4v) is 2.66. The van der Waals surface area contributed by atoms with E-state index in [4.69, 9.17) is 10.6 Å². The number of ether oxygens (including phenoxy) is 1. The number of nitrogens with zero attached hydrogens (tertiary/aromatic N) is 1. The van der Waals surface area contributed by atoms with Crippen LogP contribution in [0.5, 0.6) is 0 Å². The summed E-state index contributed by atoms with van der Waals surface area (Å²) in [5.41, 5.74) is 2.15. The number of hydrogen-bond acceptors (Lipinski definition) is 4. The molecule has 1 aliphatic carbocycles. The van der Waals surface area contributed by atoms with E-state index in [1.54, 1.807) is 0 Å². The van der Waals surface area contributed by atoms with E-state index in [0.29, 0.717) is 0 Å². The van der Waals surface area contributed by atoms with Gasteiger partial charge in [-0.3, -0.25) is 10.2 Å². The lowest BCUT2D eigenvalue weighted by molar-refractivity contribution is -0.132. The first kappa shape index (κ1) is 12.8. The number of nitrogens with one attached hydrogen (secondary N) is 1. The molecule has 98 valence electrons. The minimum absolute atomic E-state index is 0.183. The molecule has 5 nitrogen and oxygen atoms in total. The van der Waals surface area contributed by atoms with Crippen LogP contribution in [-0.4, -0.2) is 43.2 Å². The lowest BCUT2D eigenvalue weighted by Crippen LogP contribution is -2.40. The highest BCUT2D eigenvalue weighted by Crippen LogP contribution is 2.27. The summed E-state index contributed by atoms with van der Waals surface area (Å²) in [6, 6.07) is 0. The molecule has 1 amide bonds. The number of rotatable bonds is 5. The first-order valence-corrected chi connectivity index (χ1v) is 6.53. The van der Waals surface area contributed by atoms with Gasteiger partial charge in [0.1, 0.15) is 6.10 Å². The highest BCUT2D eigenvalue weighted by atomic mass is 16.5. The molecule has 0 aromatic heterocycles. The Balaban J connectivity index is 1.67. The SMILES string of the molecule is CN(CC1CCC1)CC1CCC(C(=O)NN)O1. The average Bonchev–Trinajstić information content (AvgIpc) is 2.71. The van der Waals surface area contributed by atoms with Crippen LogP contribution in [0.15, 0.2) is 0 Å². The van der Waals surface area contributed by atoms with Crippen LogP contribution in [0.3, 0.4) is 0 Å². The molecule has 2 atom stereocenters. The monoisotopic (exact) mass is 241 g/mol. The van der Waals surface area contributed by atoms with Crippen molar-refractivity contribution in [2.45, 2.75) is 44.3 Å². The zero-order valence-electron chi connectivity index (χ0n) is 10.5. The summed E-state index contributed by atoms with van der Waals surface area (Å²) in [4.78, 5) is 13.6. The third kappa shape index (κ3) is 3.40. The summed E-state index contributed by atoms with van der Waals surface area (Å²) in [6.45, 7) is 2.08. The molecule has 2 fully saturated rings. The minimum Gasteiger partial charge on any atom is -0.364 e. The van der Waals surface area contributed by atoms with E-state index in [0.717, 1.165) is 31.8 Å². The van der Waals surface area contributed by atoms with Gasteiger partial charge in [-0.25, -0.2) is 5.84 Å². The highest BCUT2D eigenvalue weighted by Gasteiger charge is 2.31. The van der Waals surface area contributed by atoms with Gasteiger partial charge in [-0.1, -0.05) is 6.42 Å². The fraction of sp³-hybridized carbons (Fsp3) is 0.917. The Kier molecular flexibility index (Phi) is 4.36. The third-order valence-corrected chi connectivity index (χ3v) is 3.85. The van der Waals surface area contributed by atoms with Gasteiger partial charge < -0.3 is 9.64 Å². The van der Waals surface area contributed by atoms with Gasteiger partial charge in [0, 0.05) is 13.1 Å². The first-order chi connectivity index (χ1) is 8.19. The van der Waals surface area contributed by atoms with Crippen molar-refractivity contribution in [2.75, 3.05) is 20.1 Å². The van der Waals surface area contributed by atoms with Crippen LogP contribution in [0.4, 0.5) is 0 Å². The Morgan fingerprint density at radius 2 is 2.12 bits per heavy atom. The maximum atomic E-state index is 11.3. The van der Waals surface area contributed by atoms with Gasteiger partial charge in [-0.05, 0) is 38.6 Å². The van der Waals surface area contributed by atoms with Crippen LogP contribution in [0.1, 0.15) is 32.1 Å². The van der Waals surface area contributed by atoms with Crippen molar-refractivity contribution in [1.29, 1.82) is 0 Å². The molecule has 1 saturated heterocycles. The number of likely N-dealkylation sites (N-methyl/N-ethyl adjacent to an activating group) is 1. The summed E-state index contributed by atoms with van der Waals surface area (Å²) in [6.07, 6.45) is 5.70. The summed E-state index contributed by atoms with van der Waals surface area (Å²) in [5.74, 6) is 5.78. The standard InChI is InChI=1S/C12H23N3O2/c1-15(7-9-3-2-4-9)8-10-5-6-11(17-10)12(16)14-13/h9-11H,2-8,13H2,1H3,(H,14,16). The van der Waals surface area contributed by atoms with Gasteiger partial charge in [0.05, 0.1) is 6.10 Å². The van der Waals surface area contributed by atoms with Crippen LogP contribution in [-0.2, 0) is 9.53 Å². The van der Waals surface area contributed by atoms with Crippen LogP contribution in [0.2, 0.25) is 0 Å². The van der Waals surface area contributed by atoms with Gasteiger partial charge >= 0.3 is 0 Å². The third-order valence-electron chi connectivity index (χ3n) is 3.85. The summed E-state index contributed by atoms with van der Waals surface area (Å²) in [5, 5.41) is 0. The molecule has 3 N–H and O–H groups in total. The highest BCUT2D eigenvalue weighted by molar-refractivity contribution is 5.80. The van der Waals surface area contributed by atoms with Crippen LogP contribution in [0, 0.1) is 5.92 Å². The van der Waals surface area contributed by atoms with E-state index >= 15 is 0 Å². The van der Waals surface area contributed by atoms with Crippen molar-refractivity contribution in [3.63, 3.8) is 0 Å². The van der Waals surface area contributed by atoms with Crippen LogP contribution in [0.25, 0.3) is 0 Å². The Bertz CT molecular complexity index is 268. The molecule has 0 aromatic carbocycles. The van der Waals surface area contributed by atoms with Crippen molar-refractivity contribution >= 4 is 5.91 Å². The molecule has 17 heavy (non-hydrogen) atoms. The molecule has 0 radical (unpaired) electrons. The van der Waals surface area contributed by atoms with Crippen molar-refractivity contribution in [1.82, 2.24) is 10.3 Å². The Morgan fingerprint density at radius 1 is 1.35 bits per heavy atom. The Hall–Kier alpha value is -0.650. The molecular formula is C12H23N3O2. The lowest BCUT2D eigenvalue weighted by Gasteiger charge is -2.31. The Morgan fingerprint density at radius 3 is 2.71 bits per heavy atom. The molecule has 0 bridgehead atoms. The zero-order chi connectivity index (χ0) is 12.3. The second-order valence-electron chi connectivity index (χ2n) is 5.35. The van der Waals surface area contributed by atoms with Crippen molar-refractivity contribution in [3.05, 3.63) is 0 Å². The van der Waals surface area contributed by atoms with E-state index in [1.165, 1.54) is 19.3 Å². The fourth-order valence-electron chi connectivity index (χ4n) is 2.66. The lowest BCUT2D eigenvalue weighted by atomic mass is 9.85. The average molecular weight is 241 g/mol. The van der Waals surface area contributed by atoms with Crippen molar-refractivity contribution in [3.8, 4) is 0 Å². The molecule has 2 aliphatic rings. The van der Waals surface area contributed by atoms with E-state index < -0.39 is 0 Å². The first-order valence-electron chi connectivity index (χ1n) is 6.53. The second-order valence-corrected chi connectivity index (χ2v) is 5.35. The van der Waals surface area contributed by atoms with E-state index in [2.05, 4.69) is 17.4 Å². The summed E-state index contributed by atoms with van der Waals surface area (Å²) >= 11 is 0. The van der Waals surface area contributed by atoms with E-state index in [1.807, 2.05) is 0 Å². The molecule has 5 heteroatoms. The maximum Gasteiger partial charge on any atom is 0.263 e. The molecule has 1 saturated carbocycles. The van der Waals surface area contributed by atoms with Gasteiger partial charge in [0.2, 0.25) is 0 Å². The number of carbonyl (C=O) groups is 1. The number of nitrogens with two attached hydrogens (primary N) is 1. The van der Waals surface area contributed by atoms with Crippen molar-refractivity contribution < 1.29 is 9.53 Å². The van der Waals surface area contributed by atoms with E-state index in [-0.39, 0.29) is 18.1 Å². The summed E-state index contributed by atoms with van der Waals surface area (Å²) in [7, 11) is 2.14. The topological polar surface area (TPSA) is 67.6 Å². The molecule has 0 aromatic rings. The molecule has 1 heterocycles. The largest absolute Gasteiger partial charge is 0.364 e. The number of amides is 1. The molecule has 2 unspecified atom stereocenters. The molecular weight excluding hydrogens is 218 g/mol. The van der Waals surface area contributed by atoms with Gasteiger partial charge in [-0.2, -0.15) is 0 Å². The predicted molar refractivity (Wildman–Crippen MR) is 65.1 cm³/mol. The maximum absolute atomic E-state index is 11.3. The van der Waals surface area contributed by atoms with Gasteiger partial charge in [0.15, 0.2) is 0 Å². The van der Waals surface area contributed by atoms with Crippen LogP contribution < -0.4 is 11.3 Å². The number of hydrazine groups is 1. The quantitative estimate of drug-likeness (QED) is 0.411. The minimum atomic E-state index is -0.345. The normalized spacial score (nSPS) is 29.4. The van der Waals surface area contributed by atoms with Crippen LogP contribution >= 0.6 is 0 Å². The smallest absolute Gasteiger partial charge is 0.263 e. The predicted octanol–water partition coefficient (Wildman–Crippen LogP) is 0.256. The summed E-state index contributed by atoms with van der Waals surface area (Å²) < 4.78 is 5.68. The van der Waals surface area contributed by atoms with E-state index in [9.17, 15) is 4.79 Å². The molecule has 1 aliphatic heterocycles.